The Hall–Kier alpha value is -1.86. The average molecular weight is 337 g/mol. The van der Waals surface area contributed by atoms with Crippen molar-refractivity contribution in [2.45, 2.75) is 19.0 Å². The molecule has 0 unspecified atom stereocenters. The van der Waals surface area contributed by atoms with E-state index in [4.69, 9.17) is 9.15 Å². The highest BCUT2D eigenvalue weighted by molar-refractivity contribution is 7.91. The minimum Gasteiger partial charge on any atom is -0.497 e. The number of nitrogens with zero attached hydrogens (tertiary/aromatic N) is 1. The molecule has 1 aliphatic heterocycles. The summed E-state index contributed by atoms with van der Waals surface area (Å²) in [5.41, 5.74) is 0.873. The van der Waals surface area contributed by atoms with Gasteiger partial charge in [-0.25, -0.2) is 13.2 Å². The van der Waals surface area contributed by atoms with E-state index in [9.17, 15) is 13.2 Å². The maximum Gasteiger partial charge on any atom is 0.336 e. The molecule has 0 spiro atoms. The summed E-state index contributed by atoms with van der Waals surface area (Å²) in [6.07, 6.45) is 0.631. The van der Waals surface area contributed by atoms with E-state index in [2.05, 4.69) is 0 Å². The normalized spacial score (nSPS) is 20.2. The minimum absolute atomic E-state index is 0.0134. The zero-order valence-electron chi connectivity index (χ0n) is 13.1. The van der Waals surface area contributed by atoms with Crippen LogP contribution in [0.3, 0.4) is 0 Å². The Balaban J connectivity index is 1.92. The van der Waals surface area contributed by atoms with Gasteiger partial charge >= 0.3 is 5.63 Å². The maximum absolute atomic E-state index is 11.8. The van der Waals surface area contributed by atoms with Crippen molar-refractivity contribution in [1.82, 2.24) is 4.90 Å². The molecular formula is C16H19NO5S. The first-order valence-electron chi connectivity index (χ1n) is 7.39. The fourth-order valence-corrected chi connectivity index (χ4v) is 4.79. The van der Waals surface area contributed by atoms with Crippen LogP contribution in [-0.4, -0.2) is 45.0 Å². The number of sulfone groups is 1. The van der Waals surface area contributed by atoms with Crippen LogP contribution in [0.2, 0.25) is 0 Å². The zero-order valence-corrected chi connectivity index (χ0v) is 13.9. The van der Waals surface area contributed by atoms with Crippen LogP contribution in [0.15, 0.2) is 33.5 Å². The van der Waals surface area contributed by atoms with Crippen molar-refractivity contribution in [2.75, 3.05) is 25.7 Å². The average Bonchev–Trinajstić information content (AvgIpc) is 2.86. The van der Waals surface area contributed by atoms with Gasteiger partial charge in [0.15, 0.2) is 9.84 Å². The molecule has 0 N–H and O–H groups in total. The molecule has 0 aliphatic carbocycles. The standard InChI is InChI=1S/C16H19NO5S/c1-17(12-5-6-23(19,20)10-12)9-11-7-16(18)22-15-8-13(21-2)3-4-14(11)15/h3-4,7-8,12H,5-6,9-10H2,1-2H3/t12-/m1/s1. The second-order valence-corrected chi connectivity index (χ2v) is 8.15. The number of fused-ring (bicyclic) bond motifs is 1. The summed E-state index contributed by atoms with van der Waals surface area (Å²) in [5.74, 6) is 1.03. The van der Waals surface area contributed by atoms with Gasteiger partial charge in [0.1, 0.15) is 11.3 Å². The van der Waals surface area contributed by atoms with Crippen molar-refractivity contribution in [3.63, 3.8) is 0 Å². The molecule has 0 radical (unpaired) electrons. The lowest BCUT2D eigenvalue weighted by Gasteiger charge is -2.23. The molecule has 1 atom stereocenters. The van der Waals surface area contributed by atoms with Crippen molar-refractivity contribution >= 4 is 20.8 Å². The summed E-state index contributed by atoms with van der Waals surface area (Å²) in [5, 5.41) is 0.832. The van der Waals surface area contributed by atoms with E-state index in [1.165, 1.54) is 6.07 Å². The second-order valence-electron chi connectivity index (χ2n) is 5.92. The van der Waals surface area contributed by atoms with Crippen molar-refractivity contribution < 1.29 is 17.6 Å². The van der Waals surface area contributed by atoms with Gasteiger partial charge in [-0.05, 0) is 31.2 Å². The second kappa shape index (κ2) is 5.98. The van der Waals surface area contributed by atoms with Gasteiger partial charge in [0, 0.05) is 30.1 Å². The largest absolute Gasteiger partial charge is 0.497 e. The first kappa shape index (κ1) is 16.0. The van der Waals surface area contributed by atoms with Gasteiger partial charge in [-0.1, -0.05) is 0 Å². The SMILES string of the molecule is COc1ccc2c(CN(C)[C@@H]3CCS(=O)(=O)C3)cc(=O)oc2c1. The van der Waals surface area contributed by atoms with E-state index in [0.717, 1.165) is 10.9 Å². The Labute approximate surface area is 134 Å². The fourth-order valence-electron chi connectivity index (χ4n) is 2.99. The molecule has 1 aromatic carbocycles. The fraction of sp³-hybridized carbons (Fsp3) is 0.438. The van der Waals surface area contributed by atoms with E-state index >= 15 is 0 Å². The van der Waals surface area contributed by atoms with Gasteiger partial charge in [0.2, 0.25) is 0 Å². The molecule has 124 valence electrons. The van der Waals surface area contributed by atoms with Gasteiger partial charge in [-0.3, -0.25) is 4.90 Å². The van der Waals surface area contributed by atoms with E-state index in [-0.39, 0.29) is 17.5 Å². The van der Waals surface area contributed by atoms with Gasteiger partial charge < -0.3 is 9.15 Å². The summed E-state index contributed by atoms with van der Waals surface area (Å²) < 4.78 is 33.6. The summed E-state index contributed by atoms with van der Waals surface area (Å²) in [6.45, 7) is 0.495. The summed E-state index contributed by atoms with van der Waals surface area (Å²) in [4.78, 5) is 13.8. The Morgan fingerprint density at radius 2 is 2.13 bits per heavy atom. The predicted octanol–water partition coefficient (Wildman–Crippen LogP) is 1.42. The summed E-state index contributed by atoms with van der Waals surface area (Å²) >= 11 is 0. The molecule has 2 aromatic rings. The summed E-state index contributed by atoms with van der Waals surface area (Å²) in [7, 11) is 0.507. The van der Waals surface area contributed by atoms with Crippen LogP contribution >= 0.6 is 0 Å². The monoisotopic (exact) mass is 337 g/mol. The van der Waals surface area contributed by atoms with Crippen molar-refractivity contribution in [1.29, 1.82) is 0 Å². The van der Waals surface area contributed by atoms with Crippen molar-refractivity contribution in [3.05, 3.63) is 40.2 Å². The lowest BCUT2D eigenvalue weighted by atomic mass is 10.1. The van der Waals surface area contributed by atoms with E-state index in [1.54, 1.807) is 13.2 Å². The molecular weight excluding hydrogens is 318 g/mol. The first-order valence-corrected chi connectivity index (χ1v) is 9.21. The maximum atomic E-state index is 11.8. The third-order valence-corrected chi connectivity index (χ3v) is 6.04. The minimum atomic E-state index is -2.93. The van der Waals surface area contributed by atoms with Crippen LogP contribution in [0, 0.1) is 0 Å². The lowest BCUT2D eigenvalue weighted by Crippen LogP contribution is -2.32. The van der Waals surface area contributed by atoms with Gasteiger partial charge in [-0.2, -0.15) is 0 Å². The Morgan fingerprint density at radius 3 is 2.78 bits per heavy atom. The Kier molecular flexibility index (Phi) is 4.16. The van der Waals surface area contributed by atoms with Crippen molar-refractivity contribution in [3.8, 4) is 5.75 Å². The summed E-state index contributed by atoms with van der Waals surface area (Å²) in [6, 6.07) is 6.80. The molecule has 1 fully saturated rings. The van der Waals surface area contributed by atoms with E-state index < -0.39 is 15.5 Å². The van der Waals surface area contributed by atoms with Crippen LogP contribution < -0.4 is 10.4 Å². The van der Waals surface area contributed by atoms with Crippen LogP contribution in [-0.2, 0) is 16.4 Å². The molecule has 0 saturated carbocycles. The Bertz CT molecular complexity index is 887. The molecule has 6 nitrogen and oxygen atoms in total. The zero-order chi connectivity index (χ0) is 16.6. The molecule has 0 bridgehead atoms. The smallest absolute Gasteiger partial charge is 0.336 e. The van der Waals surface area contributed by atoms with E-state index in [0.29, 0.717) is 24.3 Å². The van der Waals surface area contributed by atoms with Crippen molar-refractivity contribution in [2.24, 2.45) is 0 Å². The van der Waals surface area contributed by atoms with Gasteiger partial charge in [-0.15, -0.1) is 0 Å². The third kappa shape index (κ3) is 3.40. The van der Waals surface area contributed by atoms with Gasteiger partial charge in [0.25, 0.3) is 0 Å². The topological polar surface area (TPSA) is 76.8 Å². The quantitative estimate of drug-likeness (QED) is 0.786. The molecule has 2 heterocycles. The molecule has 1 aliphatic rings. The highest BCUT2D eigenvalue weighted by Crippen LogP contribution is 2.25. The third-order valence-electron chi connectivity index (χ3n) is 4.29. The number of methoxy groups -OCH3 is 1. The number of hydrogen-bond acceptors (Lipinski definition) is 6. The number of hydrogen-bond donors (Lipinski definition) is 0. The molecule has 1 aromatic heterocycles. The number of ether oxygens (including phenoxy) is 1. The highest BCUT2D eigenvalue weighted by Gasteiger charge is 2.30. The van der Waals surface area contributed by atoms with E-state index in [1.807, 2.05) is 24.1 Å². The Morgan fingerprint density at radius 1 is 1.35 bits per heavy atom. The van der Waals surface area contributed by atoms with Crippen LogP contribution in [0.5, 0.6) is 5.75 Å². The van der Waals surface area contributed by atoms with Crippen LogP contribution in [0.25, 0.3) is 11.0 Å². The molecule has 1 saturated heterocycles. The molecule has 3 rings (SSSR count). The lowest BCUT2D eigenvalue weighted by molar-refractivity contribution is 0.254. The molecule has 0 amide bonds. The molecule has 23 heavy (non-hydrogen) atoms. The predicted molar refractivity (Wildman–Crippen MR) is 87.6 cm³/mol. The first-order chi connectivity index (χ1) is 10.9. The molecule has 7 heteroatoms. The van der Waals surface area contributed by atoms with Crippen LogP contribution in [0.1, 0.15) is 12.0 Å². The highest BCUT2D eigenvalue weighted by atomic mass is 32.2. The number of benzene rings is 1. The van der Waals surface area contributed by atoms with Gasteiger partial charge in [0.05, 0.1) is 18.6 Å². The van der Waals surface area contributed by atoms with Crippen LogP contribution in [0.4, 0.5) is 0 Å². The number of rotatable bonds is 4.